The quantitative estimate of drug-likeness (QED) is 0.899. The summed E-state index contributed by atoms with van der Waals surface area (Å²) in [6.45, 7) is 3.84. The average Bonchev–Trinajstić information content (AvgIpc) is 2.15. The third kappa shape index (κ3) is 3.37. The van der Waals surface area contributed by atoms with E-state index in [4.69, 9.17) is 16.7 Å². The molecule has 0 spiro atoms. The summed E-state index contributed by atoms with van der Waals surface area (Å²) in [6, 6.07) is 5.65. The Morgan fingerprint density at radius 1 is 1.41 bits per heavy atom. The molecule has 4 heteroatoms. The van der Waals surface area contributed by atoms with Crippen molar-refractivity contribution >= 4 is 23.3 Å². The summed E-state index contributed by atoms with van der Waals surface area (Å²) in [6.07, 6.45) is 0.0987. The van der Waals surface area contributed by atoms with Crippen LogP contribution in [0.5, 0.6) is 0 Å². The maximum Gasteiger partial charge on any atom is 0.304 e. The topological polar surface area (TPSA) is 40.5 Å². The molecule has 0 unspecified atom stereocenters. The number of aliphatic carboxylic acids is 1. The van der Waals surface area contributed by atoms with Crippen LogP contribution in [0.4, 0.5) is 5.69 Å². The zero-order valence-corrected chi connectivity index (χ0v) is 11.4. The van der Waals surface area contributed by atoms with Gasteiger partial charge in [0.2, 0.25) is 0 Å². The average molecular weight is 256 g/mol. The largest absolute Gasteiger partial charge is 0.481 e. The number of anilines is 1. The molecule has 17 heavy (non-hydrogen) atoms. The molecule has 0 heterocycles. The van der Waals surface area contributed by atoms with Gasteiger partial charge >= 0.3 is 5.97 Å². The normalized spacial score (nSPS) is 11.4. The first kappa shape index (κ1) is 13.8. The van der Waals surface area contributed by atoms with Crippen molar-refractivity contribution < 1.29 is 9.90 Å². The number of hydrogen-bond donors (Lipinski definition) is 1. The van der Waals surface area contributed by atoms with Crippen molar-refractivity contribution in [3.8, 4) is 0 Å². The van der Waals surface area contributed by atoms with Gasteiger partial charge in [-0.3, -0.25) is 4.79 Å². The van der Waals surface area contributed by atoms with E-state index in [9.17, 15) is 4.79 Å². The third-order valence-electron chi connectivity index (χ3n) is 2.80. The highest BCUT2D eigenvalue weighted by Crippen LogP contribution is 2.33. The minimum absolute atomic E-state index is 0.0987. The standard InChI is InChI=1S/C13H18ClNO2/c1-13(2,8-12(16)17)9-5-6-10(14)11(7-9)15(3)4/h5-7H,8H2,1-4H3,(H,16,17). The molecule has 0 atom stereocenters. The van der Waals surface area contributed by atoms with Crippen LogP contribution in [0.25, 0.3) is 0 Å². The fourth-order valence-corrected chi connectivity index (χ4v) is 2.04. The van der Waals surface area contributed by atoms with Crippen LogP contribution in [0.2, 0.25) is 5.02 Å². The van der Waals surface area contributed by atoms with E-state index in [0.29, 0.717) is 5.02 Å². The lowest BCUT2D eigenvalue weighted by Gasteiger charge is -2.25. The van der Waals surface area contributed by atoms with Crippen LogP contribution in [-0.2, 0) is 10.2 Å². The molecule has 94 valence electrons. The molecule has 1 aromatic carbocycles. The van der Waals surface area contributed by atoms with Gasteiger partial charge in [-0.05, 0) is 17.7 Å². The minimum Gasteiger partial charge on any atom is -0.481 e. The summed E-state index contributed by atoms with van der Waals surface area (Å²) < 4.78 is 0. The maximum atomic E-state index is 10.8. The fourth-order valence-electron chi connectivity index (χ4n) is 1.76. The van der Waals surface area contributed by atoms with Crippen LogP contribution in [0, 0.1) is 0 Å². The Bertz CT molecular complexity index is 427. The first-order valence-corrected chi connectivity index (χ1v) is 5.81. The highest BCUT2D eigenvalue weighted by molar-refractivity contribution is 6.33. The summed E-state index contributed by atoms with van der Waals surface area (Å²) in [5, 5.41) is 9.58. The van der Waals surface area contributed by atoms with Gasteiger partial charge in [0.05, 0.1) is 17.1 Å². The van der Waals surface area contributed by atoms with Gasteiger partial charge in [0.25, 0.3) is 0 Å². The lowest BCUT2D eigenvalue weighted by molar-refractivity contribution is -0.138. The Hall–Kier alpha value is -1.22. The Morgan fingerprint density at radius 3 is 2.47 bits per heavy atom. The van der Waals surface area contributed by atoms with Crippen molar-refractivity contribution in [2.24, 2.45) is 0 Å². The number of carbonyl (C=O) groups is 1. The van der Waals surface area contributed by atoms with Gasteiger partial charge in [0.1, 0.15) is 0 Å². The first-order chi connectivity index (χ1) is 7.74. The number of carboxylic acids is 1. The van der Waals surface area contributed by atoms with E-state index in [1.54, 1.807) is 0 Å². The van der Waals surface area contributed by atoms with E-state index in [0.717, 1.165) is 11.3 Å². The summed E-state index contributed by atoms with van der Waals surface area (Å²) in [4.78, 5) is 12.8. The predicted molar refractivity (Wildman–Crippen MR) is 71.1 cm³/mol. The van der Waals surface area contributed by atoms with Crippen molar-refractivity contribution in [1.29, 1.82) is 0 Å². The number of nitrogens with zero attached hydrogens (tertiary/aromatic N) is 1. The molecule has 1 N–H and O–H groups in total. The monoisotopic (exact) mass is 255 g/mol. The molecule has 0 aliphatic rings. The second-order valence-electron chi connectivity index (χ2n) is 5.02. The molecule has 0 aromatic heterocycles. The summed E-state index contributed by atoms with van der Waals surface area (Å²) in [5.74, 6) is -0.795. The summed E-state index contributed by atoms with van der Waals surface area (Å²) >= 11 is 6.09. The smallest absolute Gasteiger partial charge is 0.304 e. The second-order valence-corrected chi connectivity index (χ2v) is 5.42. The molecule has 0 fully saturated rings. The zero-order valence-electron chi connectivity index (χ0n) is 10.6. The molecule has 0 amide bonds. The third-order valence-corrected chi connectivity index (χ3v) is 3.12. The fraction of sp³-hybridized carbons (Fsp3) is 0.462. The van der Waals surface area contributed by atoms with E-state index in [-0.39, 0.29) is 6.42 Å². The number of rotatable bonds is 4. The van der Waals surface area contributed by atoms with Crippen molar-refractivity contribution in [3.63, 3.8) is 0 Å². The van der Waals surface area contributed by atoms with Gasteiger partial charge in [0.15, 0.2) is 0 Å². The van der Waals surface area contributed by atoms with Crippen molar-refractivity contribution in [2.45, 2.75) is 25.7 Å². The van der Waals surface area contributed by atoms with E-state index < -0.39 is 11.4 Å². The van der Waals surface area contributed by atoms with Crippen LogP contribution < -0.4 is 4.90 Å². The lowest BCUT2D eigenvalue weighted by atomic mass is 9.81. The Labute approximate surface area is 107 Å². The molecule has 1 rings (SSSR count). The molecule has 0 aliphatic carbocycles. The van der Waals surface area contributed by atoms with Crippen LogP contribution in [0.1, 0.15) is 25.8 Å². The highest BCUT2D eigenvalue weighted by atomic mass is 35.5. The van der Waals surface area contributed by atoms with Crippen LogP contribution in [0.15, 0.2) is 18.2 Å². The van der Waals surface area contributed by atoms with Crippen LogP contribution >= 0.6 is 11.6 Å². The Kier molecular flexibility index (Phi) is 4.04. The van der Waals surface area contributed by atoms with E-state index in [2.05, 4.69) is 0 Å². The molecule has 0 aliphatic heterocycles. The van der Waals surface area contributed by atoms with Gasteiger partial charge in [-0.1, -0.05) is 31.5 Å². The van der Waals surface area contributed by atoms with Gasteiger partial charge < -0.3 is 10.0 Å². The van der Waals surface area contributed by atoms with E-state index in [1.165, 1.54) is 0 Å². The van der Waals surface area contributed by atoms with Crippen molar-refractivity contribution in [1.82, 2.24) is 0 Å². The van der Waals surface area contributed by atoms with Gasteiger partial charge in [-0.2, -0.15) is 0 Å². The van der Waals surface area contributed by atoms with Crippen LogP contribution in [0.3, 0.4) is 0 Å². The zero-order chi connectivity index (χ0) is 13.2. The minimum atomic E-state index is -0.795. The van der Waals surface area contributed by atoms with Gasteiger partial charge in [-0.25, -0.2) is 0 Å². The Morgan fingerprint density at radius 2 is 2.00 bits per heavy atom. The first-order valence-electron chi connectivity index (χ1n) is 5.43. The van der Waals surface area contributed by atoms with E-state index >= 15 is 0 Å². The summed E-state index contributed by atoms with van der Waals surface area (Å²) in [5.41, 5.74) is 1.48. The number of benzene rings is 1. The molecule has 0 saturated carbocycles. The molecule has 0 bridgehead atoms. The number of hydrogen-bond acceptors (Lipinski definition) is 2. The van der Waals surface area contributed by atoms with Gasteiger partial charge in [-0.15, -0.1) is 0 Å². The molecule has 3 nitrogen and oxygen atoms in total. The predicted octanol–water partition coefficient (Wildman–Crippen LogP) is 3.16. The second kappa shape index (κ2) is 4.96. The highest BCUT2D eigenvalue weighted by Gasteiger charge is 2.25. The number of carboxylic acid groups (broad SMARTS) is 1. The van der Waals surface area contributed by atoms with Crippen molar-refractivity contribution in [3.05, 3.63) is 28.8 Å². The van der Waals surface area contributed by atoms with E-state index in [1.807, 2.05) is 51.0 Å². The Balaban J connectivity index is 3.15. The lowest BCUT2D eigenvalue weighted by Crippen LogP contribution is -2.22. The molecular weight excluding hydrogens is 238 g/mol. The molecule has 0 saturated heterocycles. The SMILES string of the molecule is CN(C)c1cc(C(C)(C)CC(=O)O)ccc1Cl. The number of halogens is 1. The molecule has 1 aromatic rings. The van der Waals surface area contributed by atoms with Crippen molar-refractivity contribution in [2.75, 3.05) is 19.0 Å². The van der Waals surface area contributed by atoms with Gasteiger partial charge in [0, 0.05) is 19.5 Å². The summed E-state index contributed by atoms with van der Waals surface area (Å²) in [7, 11) is 3.82. The molecule has 0 radical (unpaired) electrons. The van der Waals surface area contributed by atoms with Crippen LogP contribution in [-0.4, -0.2) is 25.2 Å². The maximum absolute atomic E-state index is 10.8. The molecular formula is C13H18ClNO2.